The van der Waals surface area contributed by atoms with E-state index >= 15 is 0 Å². The van der Waals surface area contributed by atoms with Gasteiger partial charge in [-0.3, -0.25) is 4.98 Å². The van der Waals surface area contributed by atoms with Crippen molar-refractivity contribution in [3.63, 3.8) is 0 Å². The molecule has 0 fully saturated rings. The highest BCUT2D eigenvalue weighted by Crippen LogP contribution is 2.19. The molecule has 2 rings (SSSR count). The van der Waals surface area contributed by atoms with Gasteiger partial charge >= 0.3 is 0 Å². The summed E-state index contributed by atoms with van der Waals surface area (Å²) >= 11 is 5.85. The van der Waals surface area contributed by atoms with Gasteiger partial charge in [-0.05, 0) is 18.6 Å². The van der Waals surface area contributed by atoms with Crippen LogP contribution < -0.4 is 10.1 Å². The Bertz CT molecular complexity index is 567. The normalized spacial score (nSPS) is 11.1. The molecule has 1 N–H and O–H groups in total. The van der Waals surface area contributed by atoms with Crippen molar-refractivity contribution >= 4 is 11.6 Å². The molecule has 0 spiro atoms. The van der Waals surface area contributed by atoms with Crippen molar-refractivity contribution in [1.29, 1.82) is 0 Å². The van der Waals surface area contributed by atoms with Crippen molar-refractivity contribution < 1.29 is 9.15 Å². The Morgan fingerprint density at radius 2 is 2.15 bits per heavy atom. The molecule has 0 aliphatic heterocycles. The van der Waals surface area contributed by atoms with Crippen molar-refractivity contribution in [2.75, 3.05) is 0 Å². The molecule has 0 saturated heterocycles. The number of furan rings is 1. The van der Waals surface area contributed by atoms with Gasteiger partial charge in [0.25, 0.3) is 0 Å². The van der Waals surface area contributed by atoms with Gasteiger partial charge in [0.2, 0.25) is 0 Å². The van der Waals surface area contributed by atoms with E-state index in [2.05, 4.69) is 24.1 Å². The summed E-state index contributed by atoms with van der Waals surface area (Å²) in [5.74, 6) is 2.37. The molecule has 0 radical (unpaired) electrons. The first-order valence-corrected chi connectivity index (χ1v) is 6.97. The number of rotatable bonds is 6. The van der Waals surface area contributed by atoms with Crippen LogP contribution in [0.3, 0.4) is 0 Å². The molecule has 0 aliphatic rings. The van der Waals surface area contributed by atoms with E-state index in [0.29, 0.717) is 23.4 Å². The molecular formula is C15H19ClN2O2. The molecule has 0 bridgehead atoms. The Kier molecular flexibility index (Phi) is 5.04. The predicted molar refractivity (Wildman–Crippen MR) is 79.0 cm³/mol. The van der Waals surface area contributed by atoms with E-state index in [-0.39, 0.29) is 0 Å². The minimum Gasteiger partial charge on any atom is -0.484 e. The minimum absolute atomic E-state index is 0.366. The summed E-state index contributed by atoms with van der Waals surface area (Å²) in [4.78, 5) is 3.97. The Hall–Kier alpha value is -1.52. The molecule has 20 heavy (non-hydrogen) atoms. The first-order valence-electron chi connectivity index (χ1n) is 6.59. The highest BCUT2D eigenvalue weighted by molar-refractivity contribution is 6.30. The van der Waals surface area contributed by atoms with Crippen LogP contribution in [0.1, 0.15) is 30.9 Å². The first kappa shape index (κ1) is 14.9. The van der Waals surface area contributed by atoms with Crippen LogP contribution >= 0.6 is 11.6 Å². The maximum absolute atomic E-state index is 5.85. The molecule has 0 unspecified atom stereocenters. The Morgan fingerprint density at radius 1 is 1.35 bits per heavy atom. The van der Waals surface area contributed by atoms with E-state index in [1.54, 1.807) is 18.5 Å². The van der Waals surface area contributed by atoms with E-state index in [0.717, 1.165) is 23.6 Å². The number of hydrogen-bond acceptors (Lipinski definition) is 4. The molecule has 2 aromatic rings. The summed E-state index contributed by atoms with van der Waals surface area (Å²) in [5.41, 5.74) is 1.13. The zero-order valence-electron chi connectivity index (χ0n) is 11.9. The maximum Gasteiger partial charge on any atom is 0.146 e. The molecule has 0 atom stereocenters. The standard InChI is InChI=1S/C15H19ClN2O2/c1-10(2)18-8-15-11(3)4-14(20-15)9-19-13-5-12(16)6-17-7-13/h4-7,10,18H,8-9H2,1-3H3. The summed E-state index contributed by atoms with van der Waals surface area (Å²) in [6.07, 6.45) is 3.20. The number of halogens is 1. The third-order valence-corrected chi connectivity index (χ3v) is 3.01. The molecule has 0 aliphatic carbocycles. The van der Waals surface area contributed by atoms with Crippen molar-refractivity contribution in [3.8, 4) is 5.75 Å². The van der Waals surface area contributed by atoms with Crippen LogP contribution in [0, 0.1) is 6.92 Å². The average molecular weight is 295 g/mol. The van der Waals surface area contributed by atoms with Gasteiger partial charge in [-0.25, -0.2) is 0 Å². The van der Waals surface area contributed by atoms with E-state index < -0.39 is 0 Å². The Morgan fingerprint density at radius 3 is 2.85 bits per heavy atom. The summed E-state index contributed by atoms with van der Waals surface area (Å²) in [6, 6.07) is 4.15. The van der Waals surface area contributed by atoms with Gasteiger partial charge in [-0.1, -0.05) is 25.4 Å². The van der Waals surface area contributed by atoms with Gasteiger partial charge in [-0.15, -0.1) is 0 Å². The number of ether oxygens (including phenoxy) is 1. The lowest BCUT2D eigenvalue weighted by atomic mass is 10.2. The number of pyridine rings is 1. The van der Waals surface area contributed by atoms with Gasteiger partial charge < -0.3 is 14.5 Å². The molecular weight excluding hydrogens is 276 g/mol. The summed E-state index contributed by atoms with van der Waals surface area (Å²) < 4.78 is 11.4. The topological polar surface area (TPSA) is 47.3 Å². The van der Waals surface area contributed by atoms with Crippen LogP contribution in [0.15, 0.2) is 28.9 Å². The minimum atomic E-state index is 0.366. The maximum atomic E-state index is 5.85. The third-order valence-electron chi connectivity index (χ3n) is 2.80. The van der Waals surface area contributed by atoms with E-state index in [4.69, 9.17) is 20.8 Å². The highest BCUT2D eigenvalue weighted by atomic mass is 35.5. The van der Waals surface area contributed by atoms with Crippen LogP contribution in [0.5, 0.6) is 5.75 Å². The van der Waals surface area contributed by atoms with Crippen LogP contribution in [-0.2, 0) is 13.2 Å². The lowest BCUT2D eigenvalue weighted by molar-refractivity contribution is 0.263. The average Bonchev–Trinajstić information content (AvgIpc) is 2.75. The van der Waals surface area contributed by atoms with Crippen molar-refractivity contribution in [3.05, 3.63) is 46.6 Å². The number of hydrogen-bond donors (Lipinski definition) is 1. The Balaban J connectivity index is 1.95. The molecule has 4 nitrogen and oxygen atoms in total. The van der Waals surface area contributed by atoms with E-state index in [1.807, 2.05) is 13.0 Å². The molecule has 5 heteroatoms. The molecule has 0 saturated carbocycles. The zero-order valence-corrected chi connectivity index (χ0v) is 12.7. The molecule has 0 aromatic carbocycles. The zero-order chi connectivity index (χ0) is 14.5. The summed E-state index contributed by atoms with van der Waals surface area (Å²) in [5, 5.41) is 3.89. The fraction of sp³-hybridized carbons (Fsp3) is 0.400. The number of nitrogens with one attached hydrogen (secondary N) is 1. The monoisotopic (exact) mass is 294 g/mol. The molecule has 2 aromatic heterocycles. The predicted octanol–water partition coefficient (Wildman–Crippen LogP) is 3.71. The van der Waals surface area contributed by atoms with Gasteiger partial charge in [0.15, 0.2) is 0 Å². The van der Waals surface area contributed by atoms with Gasteiger partial charge in [0.1, 0.15) is 23.9 Å². The van der Waals surface area contributed by atoms with Gasteiger partial charge in [-0.2, -0.15) is 0 Å². The van der Waals surface area contributed by atoms with E-state index in [1.165, 1.54) is 0 Å². The Labute approximate surface area is 124 Å². The van der Waals surface area contributed by atoms with Gasteiger partial charge in [0, 0.05) is 18.3 Å². The second-order valence-corrected chi connectivity index (χ2v) is 5.42. The van der Waals surface area contributed by atoms with Crippen molar-refractivity contribution in [2.24, 2.45) is 0 Å². The largest absolute Gasteiger partial charge is 0.484 e. The molecule has 0 amide bonds. The SMILES string of the molecule is Cc1cc(COc2cncc(Cl)c2)oc1CNC(C)C. The van der Waals surface area contributed by atoms with Crippen molar-refractivity contribution in [2.45, 2.75) is 40.0 Å². The van der Waals surface area contributed by atoms with Crippen LogP contribution in [-0.4, -0.2) is 11.0 Å². The van der Waals surface area contributed by atoms with E-state index in [9.17, 15) is 0 Å². The van der Waals surface area contributed by atoms with Crippen LogP contribution in [0.2, 0.25) is 5.02 Å². The third kappa shape index (κ3) is 4.25. The van der Waals surface area contributed by atoms with Crippen LogP contribution in [0.4, 0.5) is 0 Å². The fourth-order valence-electron chi connectivity index (χ4n) is 1.76. The lowest BCUT2D eigenvalue weighted by Gasteiger charge is -2.06. The number of aromatic nitrogens is 1. The van der Waals surface area contributed by atoms with Gasteiger partial charge in [0.05, 0.1) is 17.8 Å². The summed E-state index contributed by atoms with van der Waals surface area (Å²) in [6.45, 7) is 7.33. The number of aryl methyl sites for hydroxylation is 1. The molecule has 108 valence electrons. The molecule has 2 heterocycles. The quantitative estimate of drug-likeness (QED) is 0.882. The second-order valence-electron chi connectivity index (χ2n) is 4.98. The fourth-order valence-corrected chi connectivity index (χ4v) is 1.92. The summed E-state index contributed by atoms with van der Waals surface area (Å²) in [7, 11) is 0. The smallest absolute Gasteiger partial charge is 0.146 e. The number of nitrogens with zero attached hydrogens (tertiary/aromatic N) is 1. The van der Waals surface area contributed by atoms with Crippen LogP contribution in [0.25, 0.3) is 0 Å². The highest BCUT2D eigenvalue weighted by Gasteiger charge is 2.09. The first-order chi connectivity index (χ1) is 9.54. The second kappa shape index (κ2) is 6.77. The lowest BCUT2D eigenvalue weighted by Crippen LogP contribution is -2.21. The van der Waals surface area contributed by atoms with Crippen molar-refractivity contribution in [1.82, 2.24) is 10.3 Å².